The largest absolute Gasteiger partial charge is 0.425 e. The number of nitrogens with two attached hydrogens (primary N) is 3. The lowest BCUT2D eigenvalue weighted by atomic mass is 9.86. The molecule has 2 unspecified atom stereocenters. The van der Waals surface area contributed by atoms with Crippen molar-refractivity contribution in [3.8, 4) is 17.6 Å². The summed E-state index contributed by atoms with van der Waals surface area (Å²) in [4.78, 5) is 35.5. The number of aldehydes is 1. The molecule has 2 atom stereocenters. The number of esters is 1. The number of carbonyl (C=O) groups excluding carboxylic acids is 3. The molecule has 0 aromatic heterocycles. The Morgan fingerprint density at radius 2 is 1.96 bits per heavy atom. The van der Waals surface area contributed by atoms with E-state index in [-0.39, 0.29) is 12.2 Å². The SMILES string of the molecule is NN=Cc1ccc(OC(=O)C(N)(CC#CCO)C(=O)C(N)CC=O)cc1. The van der Waals surface area contributed by atoms with Crippen LogP contribution in [0.2, 0.25) is 0 Å². The third-order valence-corrected chi connectivity index (χ3v) is 3.38. The molecular weight excluding hydrogens is 340 g/mol. The Kier molecular flexibility index (Phi) is 8.11. The topological polar surface area (TPSA) is 171 Å². The molecule has 9 heteroatoms. The van der Waals surface area contributed by atoms with Gasteiger partial charge in [-0.25, -0.2) is 4.79 Å². The zero-order valence-electron chi connectivity index (χ0n) is 13.9. The first-order valence-corrected chi connectivity index (χ1v) is 7.53. The van der Waals surface area contributed by atoms with Gasteiger partial charge in [-0.3, -0.25) is 4.79 Å². The number of aliphatic hydroxyl groups excluding tert-OH is 1. The second kappa shape index (κ2) is 10.0. The molecule has 1 rings (SSSR count). The van der Waals surface area contributed by atoms with Crippen LogP contribution in [-0.4, -0.2) is 47.5 Å². The van der Waals surface area contributed by atoms with Crippen molar-refractivity contribution >= 4 is 24.3 Å². The summed E-state index contributed by atoms with van der Waals surface area (Å²) in [6.45, 7) is -0.468. The number of ether oxygens (including phenoxy) is 1. The minimum Gasteiger partial charge on any atom is -0.425 e. The lowest BCUT2D eigenvalue weighted by molar-refractivity contribution is -0.146. The molecule has 1 aromatic rings. The predicted molar refractivity (Wildman–Crippen MR) is 93.9 cm³/mol. The van der Waals surface area contributed by atoms with Crippen LogP contribution in [0.25, 0.3) is 0 Å². The molecule has 0 amide bonds. The number of ketones is 1. The molecule has 1 aromatic carbocycles. The van der Waals surface area contributed by atoms with E-state index in [2.05, 4.69) is 16.9 Å². The maximum atomic E-state index is 12.5. The number of aliphatic hydroxyl groups is 1. The highest BCUT2D eigenvalue weighted by Crippen LogP contribution is 2.18. The third-order valence-electron chi connectivity index (χ3n) is 3.38. The first-order valence-electron chi connectivity index (χ1n) is 7.53. The quantitative estimate of drug-likeness (QED) is 0.0631. The van der Waals surface area contributed by atoms with Gasteiger partial charge in [-0.1, -0.05) is 11.8 Å². The summed E-state index contributed by atoms with van der Waals surface area (Å²) in [7, 11) is 0. The number of benzene rings is 1. The van der Waals surface area contributed by atoms with Gasteiger partial charge in [0.15, 0.2) is 11.3 Å². The van der Waals surface area contributed by atoms with Gasteiger partial charge in [0, 0.05) is 12.8 Å². The average molecular weight is 360 g/mol. The fourth-order valence-electron chi connectivity index (χ4n) is 1.97. The summed E-state index contributed by atoms with van der Waals surface area (Å²) in [5, 5.41) is 12.1. The molecule has 0 aliphatic heterocycles. The zero-order chi connectivity index (χ0) is 19.6. The lowest BCUT2D eigenvalue weighted by Gasteiger charge is -2.26. The van der Waals surface area contributed by atoms with Crippen molar-refractivity contribution in [3.05, 3.63) is 29.8 Å². The van der Waals surface area contributed by atoms with Gasteiger partial charge in [0.2, 0.25) is 0 Å². The van der Waals surface area contributed by atoms with Crippen molar-refractivity contribution in [2.24, 2.45) is 22.4 Å². The Morgan fingerprint density at radius 1 is 1.31 bits per heavy atom. The van der Waals surface area contributed by atoms with E-state index in [1.165, 1.54) is 18.3 Å². The molecule has 7 N–H and O–H groups in total. The van der Waals surface area contributed by atoms with E-state index in [0.29, 0.717) is 11.8 Å². The Balaban J connectivity index is 3.06. The van der Waals surface area contributed by atoms with Gasteiger partial charge in [0.05, 0.1) is 12.3 Å². The van der Waals surface area contributed by atoms with E-state index in [1.807, 2.05) is 0 Å². The number of hydrogen-bond acceptors (Lipinski definition) is 9. The maximum Gasteiger partial charge on any atom is 0.340 e. The maximum absolute atomic E-state index is 12.5. The summed E-state index contributed by atoms with van der Waals surface area (Å²) in [5.74, 6) is 7.94. The highest BCUT2D eigenvalue weighted by atomic mass is 16.5. The summed E-state index contributed by atoms with van der Waals surface area (Å²) < 4.78 is 5.16. The molecule has 138 valence electrons. The second-order valence-corrected chi connectivity index (χ2v) is 5.27. The van der Waals surface area contributed by atoms with Crippen LogP contribution in [0.15, 0.2) is 29.4 Å². The van der Waals surface area contributed by atoms with E-state index >= 15 is 0 Å². The summed E-state index contributed by atoms with van der Waals surface area (Å²) in [5.41, 5.74) is 10.0. The van der Waals surface area contributed by atoms with Crippen molar-refractivity contribution in [2.45, 2.75) is 24.4 Å². The molecule has 0 saturated heterocycles. The molecule has 9 nitrogen and oxygen atoms in total. The van der Waals surface area contributed by atoms with E-state index in [9.17, 15) is 14.4 Å². The molecular formula is C17H20N4O5. The van der Waals surface area contributed by atoms with E-state index in [4.69, 9.17) is 27.2 Å². The fraction of sp³-hybridized carbons (Fsp3) is 0.294. The van der Waals surface area contributed by atoms with Gasteiger partial charge in [-0.2, -0.15) is 5.10 Å². The van der Waals surface area contributed by atoms with Crippen LogP contribution in [-0.2, 0) is 14.4 Å². The van der Waals surface area contributed by atoms with E-state index in [1.54, 1.807) is 12.1 Å². The van der Waals surface area contributed by atoms with Gasteiger partial charge < -0.3 is 31.9 Å². The molecule has 0 aliphatic rings. The molecule has 26 heavy (non-hydrogen) atoms. The summed E-state index contributed by atoms with van der Waals surface area (Å²) in [6, 6.07) is 4.82. The van der Waals surface area contributed by atoms with Crippen molar-refractivity contribution in [1.82, 2.24) is 0 Å². The van der Waals surface area contributed by atoms with Crippen molar-refractivity contribution in [3.63, 3.8) is 0 Å². The van der Waals surface area contributed by atoms with Crippen molar-refractivity contribution in [2.75, 3.05) is 6.61 Å². The summed E-state index contributed by atoms with van der Waals surface area (Å²) >= 11 is 0. The van der Waals surface area contributed by atoms with Gasteiger partial charge in [-0.15, -0.1) is 0 Å². The molecule has 0 fully saturated rings. The highest BCUT2D eigenvalue weighted by Gasteiger charge is 2.45. The van der Waals surface area contributed by atoms with Gasteiger partial charge in [0.25, 0.3) is 0 Å². The fourth-order valence-corrected chi connectivity index (χ4v) is 1.97. The number of hydrazone groups is 1. The number of carbonyl (C=O) groups is 3. The number of hydrogen-bond donors (Lipinski definition) is 4. The molecule has 0 spiro atoms. The first-order chi connectivity index (χ1) is 12.4. The Labute approximate surface area is 150 Å². The van der Waals surface area contributed by atoms with Crippen molar-refractivity contribution in [1.29, 1.82) is 0 Å². The number of nitrogens with zero attached hydrogens (tertiary/aromatic N) is 1. The van der Waals surface area contributed by atoms with Crippen molar-refractivity contribution < 1.29 is 24.2 Å². The van der Waals surface area contributed by atoms with Crippen LogP contribution >= 0.6 is 0 Å². The van der Waals surface area contributed by atoms with Crippen LogP contribution in [0.3, 0.4) is 0 Å². The Bertz CT molecular complexity index is 736. The minimum atomic E-state index is -2.18. The summed E-state index contributed by atoms with van der Waals surface area (Å²) in [6.07, 6.45) is 1.12. The Morgan fingerprint density at radius 3 is 2.50 bits per heavy atom. The van der Waals surface area contributed by atoms with E-state index < -0.39 is 36.4 Å². The molecule has 0 radical (unpaired) electrons. The standard InChI is InChI=1S/C17H20N4O5/c18-14(7-10-23)15(24)17(19,8-1-2-9-22)16(25)26-13-5-3-12(4-6-13)11-21-20/h3-6,10-11,14,22H,7-9,18-20H2. The monoisotopic (exact) mass is 360 g/mol. The van der Waals surface area contributed by atoms with Crippen LogP contribution in [0.4, 0.5) is 0 Å². The van der Waals surface area contributed by atoms with Crippen LogP contribution in [0, 0.1) is 11.8 Å². The van der Waals surface area contributed by atoms with Crippen LogP contribution in [0.1, 0.15) is 18.4 Å². The van der Waals surface area contributed by atoms with Gasteiger partial charge in [0.1, 0.15) is 18.6 Å². The van der Waals surface area contributed by atoms with Crippen LogP contribution in [0.5, 0.6) is 5.75 Å². The normalized spacial score (nSPS) is 14.0. The molecule has 0 saturated carbocycles. The zero-order valence-corrected chi connectivity index (χ0v) is 13.9. The van der Waals surface area contributed by atoms with Gasteiger partial charge >= 0.3 is 5.97 Å². The smallest absolute Gasteiger partial charge is 0.340 e. The third kappa shape index (κ3) is 5.49. The first kappa shape index (κ1) is 21.0. The second-order valence-electron chi connectivity index (χ2n) is 5.27. The van der Waals surface area contributed by atoms with Gasteiger partial charge in [-0.05, 0) is 29.8 Å². The lowest BCUT2D eigenvalue weighted by Crippen LogP contribution is -2.61. The Hall–Kier alpha value is -3.06. The highest BCUT2D eigenvalue weighted by molar-refractivity contribution is 6.11. The molecule has 0 aliphatic carbocycles. The molecule has 0 heterocycles. The predicted octanol–water partition coefficient (Wildman–Crippen LogP) is -1.55. The number of Topliss-reactive ketones (excluding diaryl/α,β-unsaturated/α-hetero) is 1. The minimum absolute atomic E-state index is 0.130. The van der Waals surface area contributed by atoms with E-state index in [0.717, 1.165) is 0 Å². The average Bonchev–Trinajstić information content (AvgIpc) is 2.63. The molecule has 0 bridgehead atoms. The van der Waals surface area contributed by atoms with Crippen LogP contribution < -0.4 is 22.0 Å². The number of rotatable bonds is 8.